The Balaban J connectivity index is 1.59. The number of nitrogens with one attached hydrogen (secondary N) is 1. The monoisotopic (exact) mass is 457 g/mol. The Bertz CT molecular complexity index is 1170. The molecular weight excluding hydrogens is 434 g/mol. The van der Waals surface area contributed by atoms with Crippen LogP contribution >= 0.6 is 11.3 Å². The van der Waals surface area contributed by atoms with Gasteiger partial charge in [-0.2, -0.15) is 0 Å². The molecule has 0 amide bonds. The van der Waals surface area contributed by atoms with Gasteiger partial charge in [-0.3, -0.25) is 4.72 Å². The summed E-state index contributed by atoms with van der Waals surface area (Å²) in [6.45, 7) is 1.97. The van der Waals surface area contributed by atoms with Crippen LogP contribution in [0.4, 0.5) is 5.00 Å². The van der Waals surface area contributed by atoms with Crippen LogP contribution in [0.1, 0.15) is 40.6 Å². The minimum Gasteiger partial charge on any atom is -0.462 e. The lowest BCUT2D eigenvalue weighted by molar-refractivity contribution is 0.0526. The van der Waals surface area contributed by atoms with E-state index in [0.29, 0.717) is 22.1 Å². The highest BCUT2D eigenvalue weighted by molar-refractivity contribution is 7.93. The van der Waals surface area contributed by atoms with E-state index in [1.165, 1.54) is 23.5 Å². The zero-order chi connectivity index (χ0) is 21.8. The van der Waals surface area contributed by atoms with Gasteiger partial charge < -0.3 is 9.47 Å². The summed E-state index contributed by atoms with van der Waals surface area (Å²) >= 11 is 1.33. The number of sulfonamides is 1. The summed E-state index contributed by atoms with van der Waals surface area (Å²) in [6, 6.07) is 15.4. The lowest BCUT2D eigenvalue weighted by Gasteiger charge is -2.13. The van der Waals surface area contributed by atoms with Crippen LogP contribution < -0.4 is 9.46 Å². The normalized spacial score (nSPS) is 13.3. The van der Waals surface area contributed by atoms with Crippen LogP contribution in [0, 0.1) is 0 Å². The zero-order valence-electron chi connectivity index (χ0n) is 17.1. The second-order valence-corrected chi connectivity index (χ2v) is 9.92. The van der Waals surface area contributed by atoms with E-state index in [9.17, 15) is 13.2 Å². The van der Waals surface area contributed by atoms with Gasteiger partial charge in [0, 0.05) is 4.88 Å². The number of anilines is 1. The molecule has 2 aromatic carbocycles. The fourth-order valence-corrected chi connectivity index (χ4v) is 6.13. The maximum Gasteiger partial charge on any atom is 0.341 e. The summed E-state index contributed by atoms with van der Waals surface area (Å²) in [5, 5.41) is 0.329. The second kappa shape index (κ2) is 9.11. The number of carbonyl (C=O) groups excluding carboxylic acids is 1. The topological polar surface area (TPSA) is 81.7 Å². The van der Waals surface area contributed by atoms with E-state index in [4.69, 9.17) is 9.47 Å². The molecule has 0 radical (unpaired) electrons. The van der Waals surface area contributed by atoms with Crippen molar-refractivity contribution in [2.45, 2.75) is 37.5 Å². The van der Waals surface area contributed by atoms with Crippen molar-refractivity contribution in [1.29, 1.82) is 0 Å². The maximum absolute atomic E-state index is 13.0. The average molecular weight is 458 g/mol. The Hall–Kier alpha value is -2.84. The molecule has 1 aromatic heterocycles. The first kappa shape index (κ1) is 21.4. The third kappa shape index (κ3) is 4.75. The summed E-state index contributed by atoms with van der Waals surface area (Å²) in [5.41, 5.74) is 1.27. The number of fused-ring (bicyclic) bond motifs is 1. The van der Waals surface area contributed by atoms with Crippen LogP contribution in [0.3, 0.4) is 0 Å². The molecular formula is C23H23NO5S2. The van der Waals surface area contributed by atoms with E-state index in [1.807, 2.05) is 30.3 Å². The molecule has 0 saturated carbocycles. The van der Waals surface area contributed by atoms with Gasteiger partial charge in [0.05, 0.1) is 17.1 Å². The Morgan fingerprint density at radius 1 is 1.00 bits per heavy atom. The third-order valence-electron chi connectivity index (χ3n) is 4.99. The minimum absolute atomic E-state index is 0.0918. The number of hydrogen-bond donors (Lipinski definition) is 1. The van der Waals surface area contributed by atoms with Gasteiger partial charge in [0.1, 0.15) is 16.5 Å². The van der Waals surface area contributed by atoms with Gasteiger partial charge in [-0.1, -0.05) is 18.2 Å². The lowest BCUT2D eigenvalue weighted by atomic mass is 9.95. The SMILES string of the molecule is CCOC(=O)c1c(NS(=O)(=O)c2ccc(Oc3ccccc3)cc2)sc2c1CCCC2. The summed E-state index contributed by atoms with van der Waals surface area (Å²) in [7, 11) is -3.88. The first-order valence-electron chi connectivity index (χ1n) is 10.2. The number of aryl methyl sites for hydroxylation is 1. The van der Waals surface area contributed by atoms with E-state index in [1.54, 1.807) is 19.1 Å². The minimum atomic E-state index is -3.88. The molecule has 1 N–H and O–H groups in total. The summed E-state index contributed by atoms with van der Waals surface area (Å²) < 4.78 is 39.6. The number of esters is 1. The molecule has 0 bridgehead atoms. The smallest absolute Gasteiger partial charge is 0.341 e. The van der Waals surface area contributed by atoms with E-state index in [-0.39, 0.29) is 11.5 Å². The van der Waals surface area contributed by atoms with Crippen LogP contribution in [-0.2, 0) is 27.6 Å². The average Bonchev–Trinajstić information content (AvgIpc) is 3.12. The number of carbonyl (C=O) groups is 1. The van der Waals surface area contributed by atoms with Gasteiger partial charge in [-0.25, -0.2) is 13.2 Å². The molecule has 4 rings (SSSR count). The van der Waals surface area contributed by atoms with E-state index >= 15 is 0 Å². The molecule has 1 aliphatic carbocycles. The number of ether oxygens (including phenoxy) is 2. The van der Waals surface area contributed by atoms with Gasteiger partial charge in [0.2, 0.25) is 0 Å². The van der Waals surface area contributed by atoms with Crippen molar-refractivity contribution in [2.75, 3.05) is 11.3 Å². The summed E-state index contributed by atoms with van der Waals surface area (Å²) in [4.78, 5) is 13.7. The van der Waals surface area contributed by atoms with Crippen LogP contribution in [0.15, 0.2) is 59.5 Å². The molecule has 1 heterocycles. The van der Waals surface area contributed by atoms with Crippen LogP contribution in [-0.4, -0.2) is 21.0 Å². The van der Waals surface area contributed by atoms with Crippen molar-refractivity contribution in [3.63, 3.8) is 0 Å². The first-order valence-corrected chi connectivity index (χ1v) is 12.5. The van der Waals surface area contributed by atoms with E-state index < -0.39 is 16.0 Å². The molecule has 0 unspecified atom stereocenters. The fourth-order valence-electron chi connectivity index (χ4n) is 3.55. The third-order valence-corrected chi connectivity index (χ3v) is 7.69. The summed E-state index contributed by atoms with van der Waals surface area (Å²) in [5.74, 6) is 0.717. The number of rotatable bonds is 7. The number of thiophene rings is 1. The molecule has 162 valence electrons. The van der Waals surface area contributed by atoms with Gasteiger partial charge >= 0.3 is 5.97 Å². The predicted octanol–water partition coefficient (Wildman–Crippen LogP) is 5.40. The number of benzene rings is 2. The number of para-hydroxylation sites is 1. The number of hydrogen-bond acceptors (Lipinski definition) is 6. The molecule has 8 heteroatoms. The van der Waals surface area contributed by atoms with Crippen molar-refractivity contribution in [3.05, 3.63) is 70.6 Å². The summed E-state index contributed by atoms with van der Waals surface area (Å²) in [6.07, 6.45) is 3.61. The molecule has 1 aliphatic rings. The standard InChI is InChI=1S/C23H23NO5S2/c1-2-28-23(25)21-19-10-6-7-11-20(19)30-22(21)24-31(26,27)18-14-12-17(13-15-18)29-16-8-4-3-5-9-16/h3-5,8-9,12-15,24H,2,6-7,10-11H2,1H3. The van der Waals surface area contributed by atoms with Gasteiger partial charge in [-0.15, -0.1) is 11.3 Å². The van der Waals surface area contributed by atoms with Crippen molar-refractivity contribution in [2.24, 2.45) is 0 Å². The maximum atomic E-state index is 13.0. The predicted molar refractivity (Wildman–Crippen MR) is 121 cm³/mol. The van der Waals surface area contributed by atoms with E-state index in [2.05, 4.69) is 4.72 Å². The molecule has 0 aliphatic heterocycles. The van der Waals surface area contributed by atoms with Gasteiger partial charge in [0.25, 0.3) is 10.0 Å². The van der Waals surface area contributed by atoms with Crippen molar-refractivity contribution < 1.29 is 22.7 Å². The van der Waals surface area contributed by atoms with Crippen LogP contribution in [0.2, 0.25) is 0 Å². The van der Waals surface area contributed by atoms with Crippen molar-refractivity contribution >= 4 is 32.3 Å². The van der Waals surface area contributed by atoms with Crippen molar-refractivity contribution in [1.82, 2.24) is 0 Å². The molecule has 0 saturated heterocycles. The largest absolute Gasteiger partial charge is 0.462 e. The molecule has 0 spiro atoms. The zero-order valence-corrected chi connectivity index (χ0v) is 18.7. The van der Waals surface area contributed by atoms with Crippen molar-refractivity contribution in [3.8, 4) is 11.5 Å². The highest BCUT2D eigenvalue weighted by atomic mass is 32.2. The molecule has 3 aromatic rings. The molecule has 0 fully saturated rings. The fraction of sp³-hybridized carbons (Fsp3) is 0.261. The quantitative estimate of drug-likeness (QED) is 0.481. The van der Waals surface area contributed by atoms with Gasteiger partial charge in [0.15, 0.2) is 0 Å². The lowest BCUT2D eigenvalue weighted by Crippen LogP contribution is -2.16. The Kier molecular flexibility index (Phi) is 6.29. The van der Waals surface area contributed by atoms with Crippen LogP contribution in [0.25, 0.3) is 0 Å². The Morgan fingerprint density at radius 2 is 1.68 bits per heavy atom. The van der Waals surface area contributed by atoms with E-state index in [0.717, 1.165) is 36.1 Å². The van der Waals surface area contributed by atoms with Crippen LogP contribution in [0.5, 0.6) is 11.5 Å². The highest BCUT2D eigenvalue weighted by Gasteiger charge is 2.29. The molecule has 6 nitrogen and oxygen atoms in total. The van der Waals surface area contributed by atoms with Gasteiger partial charge in [-0.05, 0) is 74.6 Å². The first-order chi connectivity index (χ1) is 15.0. The highest BCUT2D eigenvalue weighted by Crippen LogP contribution is 2.39. The molecule has 0 atom stereocenters. The Morgan fingerprint density at radius 3 is 2.39 bits per heavy atom. The Labute approximate surface area is 185 Å². The second-order valence-electron chi connectivity index (χ2n) is 7.13. The molecule has 31 heavy (non-hydrogen) atoms.